The van der Waals surface area contributed by atoms with Gasteiger partial charge in [-0.25, -0.2) is 4.79 Å². The lowest BCUT2D eigenvalue weighted by atomic mass is 9.86. The highest BCUT2D eigenvalue weighted by Gasteiger charge is 2.34. The van der Waals surface area contributed by atoms with Gasteiger partial charge in [0, 0.05) is 25.7 Å². The van der Waals surface area contributed by atoms with Gasteiger partial charge < -0.3 is 20.1 Å². The molecule has 0 saturated heterocycles. The molecule has 2 rings (SSSR count). The van der Waals surface area contributed by atoms with Gasteiger partial charge >= 0.3 is 12.0 Å². The van der Waals surface area contributed by atoms with Crippen molar-refractivity contribution in [1.29, 1.82) is 0 Å². The molecule has 0 bridgehead atoms. The third-order valence-corrected chi connectivity index (χ3v) is 4.19. The first kappa shape index (κ1) is 15.1. The van der Waals surface area contributed by atoms with Gasteiger partial charge in [-0.05, 0) is 38.5 Å². The first-order valence-electron chi connectivity index (χ1n) is 7.40. The summed E-state index contributed by atoms with van der Waals surface area (Å²) in [6.45, 7) is 1.17. The van der Waals surface area contributed by atoms with Crippen LogP contribution in [0.5, 0.6) is 0 Å². The van der Waals surface area contributed by atoms with Crippen LogP contribution in [-0.2, 0) is 9.53 Å². The summed E-state index contributed by atoms with van der Waals surface area (Å²) in [5, 5.41) is 12.0. The van der Waals surface area contributed by atoms with Crippen LogP contribution in [0.4, 0.5) is 4.79 Å². The summed E-state index contributed by atoms with van der Waals surface area (Å²) >= 11 is 0. The lowest BCUT2D eigenvalue weighted by Gasteiger charge is -2.30. The maximum atomic E-state index is 12.3. The maximum Gasteiger partial charge on any atom is 0.317 e. The van der Waals surface area contributed by atoms with Gasteiger partial charge in [0.05, 0.1) is 12.5 Å². The summed E-state index contributed by atoms with van der Waals surface area (Å²) in [5.74, 6) is -0.953. The number of hydrogen-bond acceptors (Lipinski definition) is 3. The third-order valence-electron chi connectivity index (χ3n) is 4.19. The highest BCUT2D eigenvalue weighted by atomic mass is 16.5. The molecule has 2 fully saturated rings. The number of carbonyl (C=O) groups is 2. The minimum absolute atomic E-state index is 0.0247. The van der Waals surface area contributed by atoms with E-state index in [2.05, 4.69) is 5.32 Å². The Labute approximate surface area is 119 Å². The Morgan fingerprint density at radius 2 is 1.85 bits per heavy atom. The number of carbonyl (C=O) groups excluding carboxylic acids is 1. The Morgan fingerprint density at radius 3 is 2.35 bits per heavy atom. The van der Waals surface area contributed by atoms with Gasteiger partial charge in [-0.15, -0.1) is 0 Å². The van der Waals surface area contributed by atoms with Gasteiger partial charge in [-0.1, -0.05) is 0 Å². The molecular weight excluding hydrogens is 260 g/mol. The van der Waals surface area contributed by atoms with Gasteiger partial charge in [0.2, 0.25) is 0 Å². The first-order chi connectivity index (χ1) is 9.61. The van der Waals surface area contributed by atoms with Crippen molar-refractivity contribution >= 4 is 12.0 Å². The summed E-state index contributed by atoms with van der Waals surface area (Å²) in [6.07, 6.45) is 4.96. The summed E-state index contributed by atoms with van der Waals surface area (Å²) in [6, 6.07) is 0.450. The van der Waals surface area contributed by atoms with E-state index in [1.54, 1.807) is 7.11 Å². The fourth-order valence-electron chi connectivity index (χ4n) is 2.77. The monoisotopic (exact) mass is 284 g/mol. The predicted molar refractivity (Wildman–Crippen MR) is 73.5 cm³/mol. The molecule has 2 amide bonds. The molecule has 2 aliphatic rings. The smallest absolute Gasteiger partial charge is 0.317 e. The molecule has 114 valence electrons. The lowest BCUT2D eigenvalue weighted by molar-refractivity contribution is -0.142. The largest absolute Gasteiger partial charge is 0.481 e. The van der Waals surface area contributed by atoms with Crippen LogP contribution < -0.4 is 5.32 Å². The van der Waals surface area contributed by atoms with E-state index >= 15 is 0 Å². The number of ether oxygens (including phenoxy) is 1. The van der Waals surface area contributed by atoms with Crippen LogP contribution in [0.15, 0.2) is 0 Å². The molecule has 0 aromatic carbocycles. The molecule has 0 unspecified atom stereocenters. The molecule has 6 nitrogen and oxygen atoms in total. The van der Waals surface area contributed by atoms with Crippen molar-refractivity contribution in [2.75, 3.05) is 20.3 Å². The zero-order valence-corrected chi connectivity index (χ0v) is 12.0. The molecule has 0 aromatic rings. The molecule has 0 radical (unpaired) electrons. The summed E-state index contributed by atoms with van der Waals surface area (Å²) in [7, 11) is 1.64. The Balaban J connectivity index is 1.77. The van der Waals surface area contributed by atoms with Gasteiger partial charge in [0.25, 0.3) is 0 Å². The number of carboxylic acids is 1. The Kier molecular flexibility index (Phi) is 5.23. The van der Waals surface area contributed by atoms with E-state index < -0.39 is 5.97 Å². The number of nitrogens with one attached hydrogen (secondary N) is 1. The number of aliphatic carboxylic acids is 1. The molecule has 2 saturated carbocycles. The van der Waals surface area contributed by atoms with Crippen molar-refractivity contribution in [3.8, 4) is 0 Å². The van der Waals surface area contributed by atoms with E-state index in [-0.39, 0.29) is 18.0 Å². The number of urea groups is 1. The van der Waals surface area contributed by atoms with Crippen molar-refractivity contribution in [2.45, 2.75) is 50.6 Å². The van der Waals surface area contributed by atoms with Crippen LogP contribution in [-0.4, -0.2) is 54.4 Å². The second-order valence-corrected chi connectivity index (χ2v) is 5.75. The molecule has 2 N–H and O–H groups in total. The zero-order chi connectivity index (χ0) is 14.5. The van der Waals surface area contributed by atoms with E-state index in [4.69, 9.17) is 9.84 Å². The summed E-state index contributed by atoms with van der Waals surface area (Å²) < 4.78 is 5.04. The van der Waals surface area contributed by atoms with Crippen molar-refractivity contribution in [2.24, 2.45) is 5.92 Å². The molecule has 0 heterocycles. The predicted octanol–water partition coefficient (Wildman–Crippen LogP) is 1.45. The normalized spacial score (nSPS) is 26.1. The van der Waals surface area contributed by atoms with Crippen molar-refractivity contribution < 1.29 is 19.4 Å². The second-order valence-electron chi connectivity index (χ2n) is 5.75. The molecule has 0 aromatic heterocycles. The number of nitrogens with zero attached hydrogens (tertiary/aromatic N) is 1. The molecule has 0 atom stereocenters. The Morgan fingerprint density at radius 1 is 1.20 bits per heavy atom. The minimum Gasteiger partial charge on any atom is -0.481 e. The molecule has 0 spiro atoms. The molecule has 20 heavy (non-hydrogen) atoms. The van der Waals surface area contributed by atoms with Crippen LogP contribution in [0.25, 0.3) is 0 Å². The van der Waals surface area contributed by atoms with Crippen molar-refractivity contribution in [3.05, 3.63) is 0 Å². The fourth-order valence-corrected chi connectivity index (χ4v) is 2.77. The van der Waals surface area contributed by atoms with E-state index in [1.807, 2.05) is 4.90 Å². The average Bonchev–Trinajstić information content (AvgIpc) is 3.24. The van der Waals surface area contributed by atoms with Gasteiger partial charge in [-0.3, -0.25) is 4.79 Å². The third kappa shape index (κ3) is 4.10. The second kappa shape index (κ2) is 6.92. The first-order valence-corrected chi connectivity index (χ1v) is 7.40. The summed E-state index contributed by atoms with van der Waals surface area (Å²) in [4.78, 5) is 25.0. The van der Waals surface area contributed by atoms with Crippen LogP contribution in [0, 0.1) is 5.92 Å². The number of methoxy groups -OCH3 is 1. The van der Waals surface area contributed by atoms with E-state index in [0.29, 0.717) is 32.0 Å². The van der Waals surface area contributed by atoms with Gasteiger partial charge in [0.1, 0.15) is 0 Å². The number of amides is 2. The molecule has 2 aliphatic carbocycles. The Bertz CT molecular complexity index is 349. The number of carboxylic acid groups (broad SMARTS) is 1. The van der Waals surface area contributed by atoms with Gasteiger partial charge in [0.15, 0.2) is 0 Å². The average molecular weight is 284 g/mol. The lowest BCUT2D eigenvalue weighted by Crippen LogP contribution is -2.48. The van der Waals surface area contributed by atoms with Crippen molar-refractivity contribution in [3.63, 3.8) is 0 Å². The van der Waals surface area contributed by atoms with Gasteiger partial charge in [-0.2, -0.15) is 0 Å². The van der Waals surface area contributed by atoms with E-state index in [0.717, 1.165) is 25.7 Å². The quantitative estimate of drug-likeness (QED) is 0.774. The minimum atomic E-state index is -0.713. The highest BCUT2D eigenvalue weighted by molar-refractivity contribution is 5.75. The fraction of sp³-hybridized carbons (Fsp3) is 0.857. The van der Waals surface area contributed by atoms with Crippen LogP contribution in [0.3, 0.4) is 0 Å². The molecule has 0 aliphatic heterocycles. The number of hydrogen-bond donors (Lipinski definition) is 2. The van der Waals surface area contributed by atoms with E-state index in [1.165, 1.54) is 0 Å². The van der Waals surface area contributed by atoms with Crippen LogP contribution in [0.2, 0.25) is 0 Å². The molecular formula is C14H24N2O4. The molecule has 6 heteroatoms. The zero-order valence-electron chi connectivity index (χ0n) is 12.0. The van der Waals surface area contributed by atoms with Crippen LogP contribution >= 0.6 is 0 Å². The SMILES string of the molecule is COCCN(C(=O)NC1CCC(C(=O)O)CC1)C1CC1. The standard InChI is InChI=1S/C14H24N2O4/c1-20-9-8-16(12-6-7-12)14(19)15-11-4-2-10(3-5-11)13(17)18/h10-12H,2-9H2,1H3,(H,15,19)(H,17,18). The summed E-state index contributed by atoms with van der Waals surface area (Å²) in [5.41, 5.74) is 0. The number of rotatable bonds is 6. The maximum absolute atomic E-state index is 12.3. The van der Waals surface area contributed by atoms with E-state index in [9.17, 15) is 9.59 Å². The topological polar surface area (TPSA) is 78.9 Å². The van der Waals surface area contributed by atoms with Crippen LogP contribution in [0.1, 0.15) is 38.5 Å². The highest BCUT2D eigenvalue weighted by Crippen LogP contribution is 2.28. The van der Waals surface area contributed by atoms with Crippen molar-refractivity contribution in [1.82, 2.24) is 10.2 Å². The Hall–Kier alpha value is -1.30.